The summed E-state index contributed by atoms with van der Waals surface area (Å²) in [5, 5.41) is 0.707. The molecule has 3 rings (SSSR count). The number of halogens is 2. The Bertz CT molecular complexity index is 736. The van der Waals surface area contributed by atoms with Crippen molar-refractivity contribution in [2.75, 3.05) is 5.73 Å². The highest BCUT2D eigenvalue weighted by Crippen LogP contribution is 2.26. The Morgan fingerprint density at radius 3 is 2.78 bits per heavy atom. The topological polar surface area (TPSA) is 43.8 Å². The summed E-state index contributed by atoms with van der Waals surface area (Å²) in [6.07, 6.45) is 1.76. The quantitative estimate of drug-likeness (QED) is 0.523. The number of rotatable bonds is 1. The second-order valence-corrected chi connectivity index (χ2v) is 5.61. The van der Waals surface area contributed by atoms with Crippen LogP contribution in [0.15, 0.2) is 42.7 Å². The highest BCUT2D eigenvalue weighted by atomic mass is 127. The minimum atomic E-state index is 0.707. The van der Waals surface area contributed by atoms with E-state index >= 15 is 0 Å². The zero-order valence-electron chi connectivity index (χ0n) is 9.27. The number of nitrogens with two attached hydrogens (primary N) is 1. The van der Waals surface area contributed by atoms with Crippen LogP contribution in [0.3, 0.4) is 0 Å². The maximum Gasteiger partial charge on any atom is 0.100 e. The maximum absolute atomic E-state index is 6.27. The van der Waals surface area contributed by atoms with Crippen LogP contribution in [-0.4, -0.2) is 9.55 Å². The summed E-state index contributed by atoms with van der Waals surface area (Å²) in [6.45, 7) is 0. The molecule has 0 atom stereocenters. The van der Waals surface area contributed by atoms with Crippen molar-refractivity contribution in [1.29, 1.82) is 0 Å². The summed E-state index contributed by atoms with van der Waals surface area (Å²) in [5.41, 5.74) is 9.23. The van der Waals surface area contributed by atoms with E-state index in [9.17, 15) is 0 Å². The van der Waals surface area contributed by atoms with Gasteiger partial charge in [-0.3, -0.25) is 4.57 Å². The summed E-state index contributed by atoms with van der Waals surface area (Å²) >= 11 is 8.51. The van der Waals surface area contributed by atoms with E-state index in [1.54, 1.807) is 6.33 Å². The smallest absolute Gasteiger partial charge is 0.100 e. The van der Waals surface area contributed by atoms with Gasteiger partial charge in [0, 0.05) is 9.26 Å². The predicted molar refractivity (Wildman–Crippen MR) is 83.2 cm³/mol. The summed E-state index contributed by atoms with van der Waals surface area (Å²) in [7, 11) is 0. The molecule has 0 radical (unpaired) electrons. The van der Waals surface area contributed by atoms with Crippen molar-refractivity contribution < 1.29 is 0 Å². The fourth-order valence-corrected chi connectivity index (χ4v) is 2.85. The number of fused-ring (bicyclic) bond motifs is 1. The van der Waals surface area contributed by atoms with Crippen molar-refractivity contribution in [3.8, 4) is 5.69 Å². The molecule has 5 heteroatoms. The highest BCUT2D eigenvalue weighted by molar-refractivity contribution is 14.1. The van der Waals surface area contributed by atoms with Gasteiger partial charge in [0.1, 0.15) is 6.33 Å². The molecular weight excluding hydrogens is 361 g/mol. The van der Waals surface area contributed by atoms with Crippen LogP contribution in [0.2, 0.25) is 5.02 Å². The van der Waals surface area contributed by atoms with Crippen LogP contribution in [0.25, 0.3) is 16.7 Å². The van der Waals surface area contributed by atoms with Crippen LogP contribution in [0.4, 0.5) is 5.69 Å². The lowest BCUT2D eigenvalue weighted by atomic mass is 10.2. The number of nitrogen functional groups attached to an aromatic ring is 1. The molecule has 3 aromatic rings. The predicted octanol–water partition coefficient (Wildman–Crippen LogP) is 3.87. The molecule has 90 valence electrons. The molecule has 0 aliphatic carbocycles. The number of nitrogens with zero attached hydrogens (tertiary/aromatic N) is 2. The molecule has 0 amide bonds. The molecule has 1 aromatic heterocycles. The average molecular weight is 370 g/mol. The first-order valence-corrected chi connectivity index (χ1v) is 6.79. The number of aromatic nitrogens is 2. The van der Waals surface area contributed by atoms with Crippen LogP contribution < -0.4 is 5.73 Å². The SMILES string of the molecule is Nc1ccc2c(c1)ncn2-c1ccc(I)cc1Cl. The van der Waals surface area contributed by atoms with Gasteiger partial charge in [-0.05, 0) is 59.0 Å². The molecule has 0 aliphatic heterocycles. The molecule has 0 bridgehead atoms. The Morgan fingerprint density at radius 1 is 1.17 bits per heavy atom. The molecule has 2 aromatic carbocycles. The van der Waals surface area contributed by atoms with E-state index in [1.807, 2.05) is 41.0 Å². The van der Waals surface area contributed by atoms with Crippen molar-refractivity contribution in [3.05, 3.63) is 51.3 Å². The Labute approximate surface area is 123 Å². The number of imidazole rings is 1. The van der Waals surface area contributed by atoms with E-state index in [1.165, 1.54) is 0 Å². The first kappa shape index (κ1) is 11.8. The molecule has 2 N–H and O–H groups in total. The monoisotopic (exact) mass is 369 g/mol. The lowest BCUT2D eigenvalue weighted by molar-refractivity contribution is 1.09. The lowest BCUT2D eigenvalue weighted by Gasteiger charge is -2.07. The maximum atomic E-state index is 6.27. The van der Waals surface area contributed by atoms with Gasteiger partial charge in [0.15, 0.2) is 0 Å². The molecule has 0 aliphatic rings. The van der Waals surface area contributed by atoms with Gasteiger partial charge in [0.2, 0.25) is 0 Å². The van der Waals surface area contributed by atoms with Gasteiger partial charge in [-0.2, -0.15) is 0 Å². The molecule has 0 saturated carbocycles. The summed E-state index contributed by atoms with van der Waals surface area (Å²) in [5.74, 6) is 0. The fraction of sp³-hybridized carbons (Fsp3) is 0. The fourth-order valence-electron chi connectivity index (χ4n) is 1.90. The standard InChI is InChI=1S/C13H9ClIN3/c14-10-5-8(15)1-3-12(10)18-7-17-11-6-9(16)2-4-13(11)18/h1-7H,16H2. The van der Waals surface area contributed by atoms with Gasteiger partial charge in [-0.1, -0.05) is 11.6 Å². The molecule has 0 saturated heterocycles. The minimum Gasteiger partial charge on any atom is -0.399 e. The van der Waals surface area contributed by atoms with Crippen LogP contribution in [0.1, 0.15) is 0 Å². The van der Waals surface area contributed by atoms with Crippen LogP contribution in [0, 0.1) is 3.57 Å². The number of anilines is 1. The van der Waals surface area contributed by atoms with Crippen LogP contribution >= 0.6 is 34.2 Å². The normalized spacial score (nSPS) is 11.0. The second kappa shape index (κ2) is 4.44. The van der Waals surface area contributed by atoms with E-state index in [2.05, 4.69) is 27.6 Å². The van der Waals surface area contributed by atoms with Gasteiger partial charge in [0.25, 0.3) is 0 Å². The van der Waals surface area contributed by atoms with Crippen molar-refractivity contribution >= 4 is 50.9 Å². The third-order valence-corrected chi connectivity index (χ3v) is 3.71. The summed E-state index contributed by atoms with van der Waals surface area (Å²) in [4.78, 5) is 4.34. The lowest BCUT2D eigenvalue weighted by Crippen LogP contribution is -1.93. The van der Waals surface area contributed by atoms with Crippen LogP contribution in [0.5, 0.6) is 0 Å². The molecule has 0 spiro atoms. The molecule has 0 fully saturated rings. The van der Waals surface area contributed by atoms with Crippen molar-refractivity contribution in [2.45, 2.75) is 0 Å². The molecular formula is C13H9ClIN3. The third-order valence-electron chi connectivity index (χ3n) is 2.74. The van der Waals surface area contributed by atoms with E-state index in [0.717, 1.165) is 20.3 Å². The first-order valence-electron chi connectivity index (χ1n) is 5.33. The van der Waals surface area contributed by atoms with Gasteiger partial charge >= 0.3 is 0 Å². The van der Waals surface area contributed by atoms with Crippen molar-refractivity contribution in [1.82, 2.24) is 9.55 Å². The largest absolute Gasteiger partial charge is 0.399 e. The van der Waals surface area contributed by atoms with E-state index < -0.39 is 0 Å². The Balaban J connectivity index is 2.25. The summed E-state index contributed by atoms with van der Waals surface area (Å²) in [6, 6.07) is 11.6. The average Bonchev–Trinajstić information content (AvgIpc) is 2.72. The molecule has 0 unspecified atom stereocenters. The number of hydrogen-bond acceptors (Lipinski definition) is 2. The van der Waals surface area contributed by atoms with Crippen LogP contribution in [-0.2, 0) is 0 Å². The first-order chi connectivity index (χ1) is 8.65. The van der Waals surface area contributed by atoms with Crippen molar-refractivity contribution in [3.63, 3.8) is 0 Å². The third kappa shape index (κ3) is 1.95. The molecule has 18 heavy (non-hydrogen) atoms. The van der Waals surface area contributed by atoms with Crippen molar-refractivity contribution in [2.24, 2.45) is 0 Å². The number of hydrogen-bond donors (Lipinski definition) is 1. The Hall–Kier alpha value is -1.27. The number of benzene rings is 2. The second-order valence-electron chi connectivity index (χ2n) is 3.96. The molecule has 3 nitrogen and oxygen atoms in total. The van der Waals surface area contributed by atoms with Gasteiger partial charge in [0.05, 0.1) is 21.7 Å². The Morgan fingerprint density at radius 2 is 2.00 bits per heavy atom. The van der Waals surface area contributed by atoms with E-state index in [0.29, 0.717) is 10.7 Å². The Kier molecular flexibility index (Phi) is 2.91. The zero-order chi connectivity index (χ0) is 12.7. The van der Waals surface area contributed by atoms with E-state index in [-0.39, 0.29) is 0 Å². The highest BCUT2D eigenvalue weighted by Gasteiger charge is 2.08. The zero-order valence-corrected chi connectivity index (χ0v) is 12.2. The summed E-state index contributed by atoms with van der Waals surface area (Å²) < 4.78 is 3.07. The van der Waals surface area contributed by atoms with Gasteiger partial charge in [-0.25, -0.2) is 4.98 Å². The van der Waals surface area contributed by atoms with E-state index in [4.69, 9.17) is 17.3 Å². The van der Waals surface area contributed by atoms with Gasteiger partial charge in [-0.15, -0.1) is 0 Å². The van der Waals surface area contributed by atoms with Gasteiger partial charge < -0.3 is 5.73 Å². The minimum absolute atomic E-state index is 0.707. The molecule has 1 heterocycles.